The maximum absolute atomic E-state index is 10.2. The largest absolute Gasteiger partial charge is 0.492 e. The van der Waals surface area contributed by atoms with Crippen LogP contribution in [0.3, 0.4) is 0 Å². The molecule has 4 N–H and O–H groups in total. The van der Waals surface area contributed by atoms with E-state index in [9.17, 15) is 10.4 Å². The number of piperidine rings is 1. The summed E-state index contributed by atoms with van der Waals surface area (Å²) in [4.78, 5) is 10.3. The summed E-state index contributed by atoms with van der Waals surface area (Å²) in [6.45, 7) is 4.49. The van der Waals surface area contributed by atoms with E-state index in [-0.39, 0.29) is 11.4 Å². The van der Waals surface area contributed by atoms with Crippen LogP contribution >= 0.6 is 0 Å². The van der Waals surface area contributed by atoms with Gasteiger partial charge in [-0.1, -0.05) is 6.92 Å². The second-order valence-electron chi connectivity index (χ2n) is 6.93. The van der Waals surface area contributed by atoms with Crippen LogP contribution in [0, 0.1) is 11.3 Å². The molecular weight excluding hydrogens is 352 g/mol. The Morgan fingerprint density at radius 2 is 2.00 bits per heavy atom. The van der Waals surface area contributed by atoms with Crippen LogP contribution in [0.2, 0.25) is 0 Å². The fourth-order valence-corrected chi connectivity index (χ4v) is 3.44. The minimum atomic E-state index is -3.20. The molecule has 3 heterocycles. The predicted octanol–water partition coefficient (Wildman–Crippen LogP) is 0.733. The third kappa shape index (κ3) is 3.94. The number of nitriles is 1. The van der Waals surface area contributed by atoms with Crippen LogP contribution in [-0.4, -0.2) is 55.2 Å². The number of aromatic hydroxyl groups is 1. The van der Waals surface area contributed by atoms with Gasteiger partial charge in [0.25, 0.3) is 0 Å². The number of aryl methyl sites for hydroxylation is 1. The number of rotatable bonds is 4. The molecule has 1 saturated heterocycles. The van der Waals surface area contributed by atoms with Crippen molar-refractivity contribution in [2.45, 2.75) is 44.9 Å². The summed E-state index contributed by atoms with van der Waals surface area (Å²) in [5.41, 5.74) is 1.05. The molecule has 9 heteroatoms. The Labute approximate surface area is 156 Å². The monoisotopic (exact) mass is 374 g/mol. The van der Waals surface area contributed by atoms with Crippen LogP contribution in [0.4, 0.5) is 5.69 Å². The Balaban J connectivity index is 2.00. The molecule has 0 atom stereocenters. The van der Waals surface area contributed by atoms with Gasteiger partial charge in [-0.2, -0.15) is 5.26 Å². The highest BCUT2D eigenvalue weighted by molar-refractivity contribution is 5.95. The first kappa shape index (κ1) is 19.3. The van der Waals surface area contributed by atoms with Crippen LogP contribution in [0.25, 0.3) is 10.9 Å². The maximum Gasteiger partial charge on any atom is 0.405 e. The minimum Gasteiger partial charge on any atom is -0.492 e. The number of aliphatic hydroxyl groups is 3. The fraction of sp³-hybridized carbons (Fsp3) is 0.500. The minimum absolute atomic E-state index is 0.0843. The predicted molar refractivity (Wildman–Crippen MR) is 95.6 cm³/mol. The molecule has 2 aromatic rings. The summed E-state index contributed by atoms with van der Waals surface area (Å²) in [5.74, 6) is -0.351. The maximum atomic E-state index is 10.2. The van der Waals surface area contributed by atoms with E-state index in [1.54, 1.807) is 13.1 Å². The van der Waals surface area contributed by atoms with E-state index in [1.807, 2.05) is 24.0 Å². The summed E-state index contributed by atoms with van der Waals surface area (Å²) < 4.78 is 4.96. The van der Waals surface area contributed by atoms with Gasteiger partial charge in [-0.15, -0.1) is 0 Å². The molecule has 2 aromatic heterocycles. The Morgan fingerprint density at radius 3 is 2.56 bits per heavy atom. The summed E-state index contributed by atoms with van der Waals surface area (Å²) in [5, 5.41) is 47.8. The van der Waals surface area contributed by atoms with Crippen molar-refractivity contribution in [1.82, 2.24) is 9.97 Å². The lowest BCUT2D eigenvalue weighted by Crippen LogP contribution is -2.50. The van der Waals surface area contributed by atoms with Crippen LogP contribution in [0.15, 0.2) is 12.3 Å². The highest BCUT2D eigenvalue weighted by atomic mass is 16.9. The second-order valence-corrected chi connectivity index (χ2v) is 6.93. The number of pyridine rings is 2. The standard InChI is InChI=1S/C18H22N4O5/c1-3-11-8-12-14(10-20-11)21-16(23)13(9-19)15(12)22-6-4-17(2,5-7-22)27-18(24,25)26/h8,10,24-26H,3-7H2,1-2H3,(H,21,23). The lowest BCUT2D eigenvalue weighted by molar-refractivity contribution is -0.480. The molecule has 0 bridgehead atoms. The van der Waals surface area contributed by atoms with E-state index in [1.165, 1.54) is 0 Å². The Bertz CT molecular complexity index is 895. The van der Waals surface area contributed by atoms with Crippen LogP contribution in [-0.2, 0) is 11.2 Å². The molecule has 1 fully saturated rings. The van der Waals surface area contributed by atoms with Gasteiger partial charge in [0, 0.05) is 24.2 Å². The first-order valence-electron chi connectivity index (χ1n) is 8.70. The summed E-state index contributed by atoms with van der Waals surface area (Å²) in [6.07, 6.45) is -0.157. The number of fused-ring (bicyclic) bond motifs is 1. The third-order valence-electron chi connectivity index (χ3n) is 4.88. The quantitative estimate of drug-likeness (QED) is 0.569. The lowest BCUT2D eigenvalue weighted by atomic mass is 9.92. The van der Waals surface area contributed by atoms with Gasteiger partial charge in [-0.05, 0) is 32.3 Å². The number of ether oxygens (including phenoxy) is 1. The Kier molecular flexibility index (Phi) is 4.92. The van der Waals surface area contributed by atoms with E-state index in [0.29, 0.717) is 37.1 Å². The van der Waals surface area contributed by atoms with Gasteiger partial charge in [0.05, 0.1) is 23.0 Å². The molecule has 0 unspecified atom stereocenters. The van der Waals surface area contributed by atoms with Gasteiger partial charge < -0.3 is 25.3 Å². The van der Waals surface area contributed by atoms with Gasteiger partial charge in [0.2, 0.25) is 5.88 Å². The van der Waals surface area contributed by atoms with E-state index < -0.39 is 11.8 Å². The molecule has 0 spiro atoms. The smallest absolute Gasteiger partial charge is 0.405 e. The fourth-order valence-electron chi connectivity index (χ4n) is 3.44. The van der Waals surface area contributed by atoms with E-state index in [2.05, 4.69) is 9.97 Å². The van der Waals surface area contributed by atoms with Gasteiger partial charge in [-0.3, -0.25) is 9.72 Å². The number of hydrogen-bond donors (Lipinski definition) is 4. The van der Waals surface area contributed by atoms with E-state index >= 15 is 0 Å². The van der Waals surface area contributed by atoms with Crippen molar-refractivity contribution in [3.63, 3.8) is 0 Å². The lowest BCUT2D eigenvalue weighted by Gasteiger charge is -2.42. The molecule has 144 valence electrons. The number of nitrogens with zero attached hydrogens (tertiary/aromatic N) is 4. The zero-order valence-electron chi connectivity index (χ0n) is 15.2. The third-order valence-corrected chi connectivity index (χ3v) is 4.88. The van der Waals surface area contributed by atoms with Crippen molar-refractivity contribution >= 4 is 16.6 Å². The molecule has 0 aromatic carbocycles. The molecule has 3 rings (SSSR count). The van der Waals surface area contributed by atoms with Crippen molar-refractivity contribution in [2.75, 3.05) is 18.0 Å². The molecule has 1 aliphatic rings. The van der Waals surface area contributed by atoms with Crippen LogP contribution in [0.5, 0.6) is 5.88 Å². The van der Waals surface area contributed by atoms with E-state index in [0.717, 1.165) is 17.5 Å². The summed E-state index contributed by atoms with van der Waals surface area (Å²) in [7, 11) is 0. The van der Waals surface area contributed by atoms with Gasteiger partial charge in [0.15, 0.2) is 0 Å². The zero-order valence-corrected chi connectivity index (χ0v) is 15.2. The van der Waals surface area contributed by atoms with Crippen molar-refractivity contribution < 1.29 is 25.2 Å². The Hall–Kier alpha value is -2.51. The number of hydrogen-bond acceptors (Lipinski definition) is 9. The average Bonchev–Trinajstić information content (AvgIpc) is 2.59. The zero-order chi connectivity index (χ0) is 19.8. The average molecular weight is 374 g/mol. The molecule has 0 amide bonds. The van der Waals surface area contributed by atoms with Gasteiger partial charge >= 0.3 is 6.16 Å². The highest BCUT2D eigenvalue weighted by Gasteiger charge is 2.39. The van der Waals surface area contributed by atoms with Crippen LogP contribution < -0.4 is 4.90 Å². The summed E-state index contributed by atoms with van der Waals surface area (Å²) >= 11 is 0. The molecule has 1 aliphatic heterocycles. The van der Waals surface area contributed by atoms with Crippen molar-refractivity contribution in [2.24, 2.45) is 0 Å². The van der Waals surface area contributed by atoms with Crippen molar-refractivity contribution in [1.29, 1.82) is 5.26 Å². The molecule has 9 nitrogen and oxygen atoms in total. The Morgan fingerprint density at radius 1 is 1.33 bits per heavy atom. The number of aromatic nitrogens is 2. The van der Waals surface area contributed by atoms with E-state index in [4.69, 9.17) is 20.1 Å². The van der Waals surface area contributed by atoms with Gasteiger partial charge in [0.1, 0.15) is 11.6 Å². The van der Waals surface area contributed by atoms with Crippen molar-refractivity contribution in [3.05, 3.63) is 23.5 Å². The normalized spacial score (nSPS) is 17.1. The van der Waals surface area contributed by atoms with Crippen molar-refractivity contribution in [3.8, 4) is 11.9 Å². The first-order valence-corrected chi connectivity index (χ1v) is 8.70. The molecule has 27 heavy (non-hydrogen) atoms. The SMILES string of the molecule is CCc1cc2c(N3CCC(C)(OC(O)(O)O)CC3)c(C#N)c(O)nc2cn1. The molecular formula is C18H22N4O5. The highest BCUT2D eigenvalue weighted by Crippen LogP contribution is 2.38. The number of anilines is 1. The molecule has 0 saturated carbocycles. The topological polar surface area (TPSA) is 143 Å². The molecule has 0 radical (unpaired) electrons. The molecule has 0 aliphatic carbocycles. The summed E-state index contributed by atoms with van der Waals surface area (Å²) in [6, 6.07) is 3.89. The first-order chi connectivity index (χ1) is 12.7. The second kappa shape index (κ2) is 6.90. The van der Waals surface area contributed by atoms with Gasteiger partial charge in [-0.25, -0.2) is 4.98 Å². The van der Waals surface area contributed by atoms with Crippen LogP contribution in [0.1, 0.15) is 37.9 Å².